The average Bonchev–Trinajstić information content (AvgIpc) is 2.34. The second kappa shape index (κ2) is 8.44. The monoisotopic (exact) mass is 237 g/mol. The van der Waals surface area contributed by atoms with Crippen LogP contribution in [0.15, 0.2) is 40.6 Å². The van der Waals surface area contributed by atoms with Crippen molar-refractivity contribution in [2.75, 3.05) is 20.7 Å². The largest absolute Gasteiger partial charge is 0.497 e. The SMILES string of the molecule is C=C(OC)/C(C)=C\C=C(/C)CCNC(N)=NC. The van der Waals surface area contributed by atoms with Crippen molar-refractivity contribution >= 4 is 5.96 Å². The first-order valence-corrected chi connectivity index (χ1v) is 5.54. The molecule has 0 aromatic rings. The zero-order chi connectivity index (χ0) is 13.3. The molecule has 0 rings (SSSR count). The second-order valence-corrected chi connectivity index (χ2v) is 3.78. The lowest BCUT2D eigenvalue weighted by Gasteiger charge is -2.05. The molecule has 0 saturated heterocycles. The van der Waals surface area contributed by atoms with Gasteiger partial charge in [-0.05, 0) is 25.8 Å². The number of ether oxygens (including phenoxy) is 1. The van der Waals surface area contributed by atoms with Crippen molar-refractivity contribution in [2.45, 2.75) is 20.3 Å². The lowest BCUT2D eigenvalue weighted by Crippen LogP contribution is -2.32. The minimum atomic E-state index is 0.470. The molecule has 0 unspecified atom stereocenters. The topological polar surface area (TPSA) is 59.6 Å². The number of hydrogen-bond acceptors (Lipinski definition) is 2. The number of methoxy groups -OCH3 is 1. The number of allylic oxidation sites excluding steroid dienone is 3. The molecule has 4 nitrogen and oxygen atoms in total. The average molecular weight is 237 g/mol. The van der Waals surface area contributed by atoms with E-state index >= 15 is 0 Å². The highest BCUT2D eigenvalue weighted by Gasteiger charge is 1.94. The van der Waals surface area contributed by atoms with E-state index in [-0.39, 0.29) is 0 Å². The molecule has 0 saturated carbocycles. The predicted molar refractivity (Wildman–Crippen MR) is 73.8 cm³/mol. The number of nitrogens with two attached hydrogens (primary N) is 1. The Morgan fingerprint density at radius 1 is 1.41 bits per heavy atom. The number of nitrogens with one attached hydrogen (secondary N) is 1. The van der Waals surface area contributed by atoms with E-state index in [4.69, 9.17) is 10.5 Å². The summed E-state index contributed by atoms with van der Waals surface area (Å²) in [5, 5.41) is 3.01. The van der Waals surface area contributed by atoms with Gasteiger partial charge in [0.2, 0.25) is 0 Å². The van der Waals surface area contributed by atoms with Gasteiger partial charge in [0, 0.05) is 13.6 Å². The van der Waals surface area contributed by atoms with Gasteiger partial charge in [-0.2, -0.15) is 0 Å². The second-order valence-electron chi connectivity index (χ2n) is 3.78. The number of nitrogens with zero attached hydrogens (tertiary/aromatic N) is 1. The molecule has 0 heterocycles. The Balaban J connectivity index is 4.14. The lowest BCUT2D eigenvalue weighted by atomic mass is 10.1. The lowest BCUT2D eigenvalue weighted by molar-refractivity contribution is 0.303. The minimum absolute atomic E-state index is 0.470. The summed E-state index contributed by atoms with van der Waals surface area (Å²) < 4.78 is 5.03. The van der Waals surface area contributed by atoms with Crippen LogP contribution in [0.25, 0.3) is 0 Å². The van der Waals surface area contributed by atoms with Gasteiger partial charge in [-0.1, -0.05) is 24.3 Å². The fraction of sp³-hybridized carbons (Fsp3) is 0.462. The van der Waals surface area contributed by atoms with Crippen molar-refractivity contribution < 1.29 is 4.74 Å². The van der Waals surface area contributed by atoms with Crippen molar-refractivity contribution in [1.29, 1.82) is 0 Å². The van der Waals surface area contributed by atoms with Gasteiger partial charge in [0.05, 0.1) is 7.11 Å². The molecular formula is C13H23N3O. The Labute approximate surface area is 104 Å². The number of rotatable bonds is 6. The molecule has 3 N–H and O–H groups in total. The van der Waals surface area contributed by atoms with Crippen LogP contribution in [0.3, 0.4) is 0 Å². The summed E-state index contributed by atoms with van der Waals surface area (Å²) in [4.78, 5) is 3.82. The van der Waals surface area contributed by atoms with E-state index < -0.39 is 0 Å². The summed E-state index contributed by atoms with van der Waals surface area (Å²) in [5.41, 5.74) is 7.80. The highest BCUT2D eigenvalue weighted by Crippen LogP contribution is 2.08. The molecule has 0 aromatic heterocycles. The van der Waals surface area contributed by atoms with Crippen LogP contribution >= 0.6 is 0 Å². The number of guanidine groups is 1. The summed E-state index contributed by atoms with van der Waals surface area (Å²) >= 11 is 0. The Kier molecular flexibility index (Phi) is 7.59. The molecule has 0 radical (unpaired) electrons. The first-order valence-electron chi connectivity index (χ1n) is 5.54. The fourth-order valence-corrected chi connectivity index (χ4v) is 1.07. The Morgan fingerprint density at radius 3 is 2.59 bits per heavy atom. The normalized spacial score (nSPS) is 13.5. The van der Waals surface area contributed by atoms with Gasteiger partial charge in [0.15, 0.2) is 5.96 Å². The van der Waals surface area contributed by atoms with E-state index in [1.165, 1.54) is 5.57 Å². The quantitative estimate of drug-likeness (QED) is 0.321. The van der Waals surface area contributed by atoms with Gasteiger partial charge in [-0.3, -0.25) is 4.99 Å². The van der Waals surface area contributed by atoms with E-state index in [1.54, 1.807) is 14.2 Å². The van der Waals surface area contributed by atoms with Crippen molar-refractivity contribution in [3.05, 3.63) is 35.6 Å². The maximum atomic E-state index is 5.52. The minimum Gasteiger partial charge on any atom is -0.497 e. The standard InChI is InChI=1S/C13H23N3O/c1-10(8-9-16-13(14)15-4)6-7-11(2)12(3)17-5/h6-7H,3,8-9H2,1-2,4-5H3,(H3,14,15,16)/b10-6+,11-7-. The Hall–Kier alpha value is -1.71. The van der Waals surface area contributed by atoms with Crippen LogP contribution in [0.2, 0.25) is 0 Å². The molecule has 0 spiro atoms. The molecule has 0 aliphatic carbocycles. The zero-order valence-corrected chi connectivity index (χ0v) is 11.2. The molecule has 17 heavy (non-hydrogen) atoms. The van der Waals surface area contributed by atoms with Crippen molar-refractivity contribution in [3.8, 4) is 0 Å². The molecule has 4 heteroatoms. The smallest absolute Gasteiger partial charge is 0.188 e. The molecule has 0 atom stereocenters. The maximum absolute atomic E-state index is 5.52. The van der Waals surface area contributed by atoms with Gasteiger partial charge in [0.1, 0.15) is 5.76 Å². The van der Waals surface area contributed by atoms with Gasteiger partial charge >= 0.3 is 0 Å². The summed E-state index contributed by atoms with van der Waals surface area (Å²) in [7, 11) is 3.28. The summed E-state index contributed by atoms with van der Waals surface area (Å²) in [6.45, 7) is 8.60. The zero-order valence-electron chi connectivity index (χ0n) is 11.2. The Morgan fingerprint density at radius 2 is 2.06 bits per heavy atom. The van der Waals surface area contributed by atoms with Crippen molar-refractivity contribution in [1.82, 2.24) is 5.32 Å². The molecule has 0 fully saturated rings. The maximum Gasteiger partial charge on any atom is 0.188 e. The number of hydrogen-bond donors (Lipinski definition) is 2. The predicted octanol–water partition coefficient (Wildman–Crippen LogP) is 1.96. The molecule has 0 amide bonds. The highest BCUT2D eigenvalue weighted by atomic mass is 16.5. The number of aliphatic imine (C=N–C) groups is 1. The van der Waals surface area contributed by atoms with Crippen LogP contribution in [-0.4, -0.2) is 26.7 Å². The highest BCUT2D eigenvalue weighted by molar-refractivity contribution is 5.77. The Bertz CT molecular complexity index is 341. The molecule has 0 bridgehead atoms. The first-order chi connectivity index (χ1) is 8.01. The third kappa shape index (κ3) is 7.22. The van der Waals surface area contributed by atoms with Gasteiger partial charge in [0.25, 0.3) is 0 Å². The van der Waals surface area contributed by atoms with E-state index in [0.29, 0.717) is 11.7 Å². The summed E-state index contributed by atoms with van der Waals surface area (Å²) in [6.07, 6.45) is 4.97. The van der Waals surface area contributed by atoms with Gasteiger partial charge in [-0.15, -0.1) is 0 Å². The van der Waals surface area contributed by atoms with Crippen molar-refractivity contribution in [2.24, 2.45) is 10.7 Å². The summed E-state index contributed by atoms with van der Waals surface area (Å²) in [5.74, 6) is 1.16. The molecule has 0 aromatic carbocycles. The third-order valence-electron chi connectivity index (χ3n) is 2.37. The third-order valence-corrected chi connectivity index (χ3v) is 2.37. The summed E-state index contributed by atoms with van der Waals surface area (Å²) in [6, 6.07) is 0. The van der Waals surface area contributed by atoms with Crippen LogP contribution in [0.1, 0.15) is 20.3 Å². The van der Waals surface area contributed by atoms with E-state index in [0.717, 1.165) is 18.5 Å². The van der Waals surface area contributed by atoms with Crippen LogP contribution in [0.5, 0.6) is 0 Å². The van der Waals surface area contributed by atoms with Crippen molar-refractivity contribution in [3.63, 3.8) is 0 Å². The molecule has 96 valence electrons. The van der Waals surface area contributed by atoms with Gasteiger partial charge < -0.3 is 15.8 Å². The van der Waals surface area contributed by atoms with E-state index in [1.807, 2.05) is 13.0 Å². The van der Waals surface area contributed by atoms with Crippen LogP contribution in [0, 0.1) is 0 Å². The van der Waals surface area contributed by atoms with Crippen LogP contribution < -0.4 is 11.1 Å². The molecule has 0 aliphatic rings. The van der Waals surface area contributed by atoms with Crippen LogP contribution in [-0.2, 0) is 4.74 Å². The fourth-order valence-electron chi connectivity index (χ4n) is 1.07. The van der Waals surface area contributed by atoms with E-state index in [2.05, 4.69) is 29.9 Å². The van der Waals surface area contributed by atoms with E-state index in [9.17, 15) is 0 Å². The van der Waals surface area contributed by atoms with Crippen LogP contribution in [0.4, 0.5) is 0 Å². The van der Waals surface area contributed by atoms with Gasteiger partial charge in [-0.25, -0.2) is 0 Å². The molecule has 0 aliphatic heterocycles. The molecular weight excluding hydrogens is 214 g/mol. The first kappa shape index (κ1) is 15.3.